The molecule has 2 heteroatoms. The van der Waals surface area contributed by atoms with Gasteiger partial charge in [-0.3, -0.25) is 0 Å². The molecule has 24 heavy (non-hydrogen) atoms. The Morgan fingerprint density at radius 3 is 2.75 bits per heavy atom. The summed E-state index contributed by atoms with van der Waals surface area (Å²) in [5, 5.41) is 13.7. The summed E-state index contributed by atoms with van der Waals surface area (Å²) in [5.74, 6) is 3.74. The van der Waals surface area contributed by atoms with Crippen LogP contribution in [-0.2, 0) is 0 Å². The van der Waals surface area contributed by atoms with Crippen molar-refractivity contribution >= 4 is 0 Å². The lowest BCUT2D eigenvalue weighted by Crippen LogP contribution is -2.50. The van der Waals surface area contributed by atoms with Crippen molar-refractivity contribution in [2.45, 2.75) is 83.8 Å². The van der Waals surface area contributed by atoms with E-state index in [-0.39, 0.29) is 6.10 Å². The number of hydrogen-bond donors (Lipinski definition) is 2. The summed E-state index contributed by atoms with van der Waals surface area (Å²) in [4.78, 5) is 0. The Labute approximate surface area is 147 Å². The van der Waals surface area contributed by atoms with Crippen molar-refractivity contribution in [1.82, 2.24) is 5.32 Å². The fraction of sp³-hybridized carbons (Fsp3) is 0.909. The second-order valence-electron chi connectivity index (χ2n) is 10.3. The summed E-state index contributed by atoms with van der Waals surface area (Å²) in [5.41, 5.74) is 2.63. The Morgan fingerprint density at radius 1 is 1.12 bits per heavy atom. The molecule has 5 aliphatic rings. The largest absolute Gasteiger partial charge is 0.393 e. The van der Waals surface area contributed by atoms with Gasteiger partial charge in [-0.1, -0.05) is 25.5 Å². The molecule has 2 N–H and O–H groups in total. The van der Waals surface area contributed by atoms with E-state index in [2.05, 4.69) is 25.2 Å². The van der Waals surface area contributed by atoms with Crippen LogP contribution in [0.2, 0.25) is 0 Å². The van der Waals surface area contributed by atoms with Crippen LogP contribution in [0.1, 0.15) is 71.6 Å². The molecule has 0 spiro atoms. The van der Waals surface area contributed by atoms with Crippen molar-refractivity contribution in [2.24, 2.45) is 34.5 Å². The van der Waals surface area contributed by atoms with Gasteiger partial charge < -0.3 is 10.4 Å². The highest BCUT2D eigenvalue weighted by Gasteiger charge is 2.58. The van der Waals surface area contributed by atoms with Gasteiger partial charge in [-0.15, -0.1) is 0 Å². The van der Waals surface area contributed by atoms with Crippen LogP contribution < -0.4 is 5.32 Å². The molecule has 1 saturated heterocycles. The standard InChI is InChI=1S/C22H35NO/c1-21-9-7-17(24)12-15(21)3-5-18-19-6-4-14(11-16-13-23-16)22(19,2)10-8-20(18)21/h3,14,16-20,23-24H,4-13H2,1-2H3/t14-,16?,17?,18?,19?,20?,21+,22-/m1/s1. The normalized spacial score (nSPS) is 56.0. The van der Waals surface area contributed by atoms with Crippen molar-refractivity contribution in [2.75, 3.05) is 6.54 Å². The van der Waals surface area contributed by atoms with Crippen molar-refractivity contribution in [3.05, 3.63) is 11.6 Å². The van der Waals surface area contributed by atoms with E-state index in [0.717, 1.165) is 42.6 Å². The minimum atomic E-state index is -0.0726. The molecule has 5 unspecified atom stereocenters. The van der Waals surface area contributed by atoms with Gasteiger partial charge in [0.25, 0.3) is 0 Å². The Kier molecular flexibility index (Phi) is 3.53. The lowest BCUT2D eigenvalue weighted by atomic mass is 9.47. The molecule has 4 fully saturated rings. The number of rotatable bonds is 2. The fourth-order valence-electron chi connectivity index (χ4n) is 7.73. The minimum Gasteiger partial charge on any atom is -0.393 e. The second-order valence-corrected chi connectivity index (χ2v) is 10.3. The van der Waals surface area contributed by atoms with Crippen LogP contribution in [0.4, 0.5) is 0 Å². The summed E-state index contributed by atoms with van der Waals surface area (Å²) in [7, 11) is 0. The van der Waals surface area contributed by atoms with Gasteiger partial charge in [-0.2, -0.15) is 0 Å². The van der Waals surface area contributed by atoms with Crippen LogP contribution >= 0.6 is 0 Å². The Bertz CT molecular complexity index is 552. The van der Waals surface area contributed by atoms with Crippen LogP contribution in [0.15, 0.2) is 11.6 Å². The smallest absolute Gasteiger partial charge is 0.0577 e. The van der Waals surface area contributed by atoms with E-state index in [0.29, 0.717) is 10.8 Å². The first-order valence-corrected chi connectivity index (χ1v) is 10.6. The number of hydrogen-bond acceptors (Lipinski definition) is 2. The molecule has 0 aromatic rings. The maximum absolute atomic E-state index is 10.1. The van der Waals surface area contributed by atoms with Gasteiger partial charge >= 0.3 is 0 Å². The van der Waals surface area contributed by atoms with Gasteiger partial charge in [-0.25, -0.2) is 0 Å². The van der Waals surface area contributed by atoms with E-state index >= 15 is 0 Å². The lowest BCUT2D eigenvalue weighted by molar-refractivity contribution is -0.0506. The molecule has 2 nitrogen and oxygen atoms in total. The third kappa shape index (κ3) is 2.21. The van der Waals surface area contributed by atoms with E-state index in [4.69, 9.17) is 0 Å². The zero-order valence-corrected chi connectivity index (χ0v) is 15.6. The first kappa shape index (κ1) is 15.9. The van der Waals surface area contributed by atoms with Crippen LogP contribution in [0, 0.1) is 34.5 Å². The number of allylic oxidation sites excluding steroid dienone is 1. The van der Waals surface area contributed by atoms with Crippen molar-refractivity contribution in [1.29, 1.82) is 0 Å². The maximum atomic E-state index is 10.1. The summed E-state index contributed by atoms with van der Waals surface area (Å²) in [6, 6.07) is 0.846. The number of nitrogens with one attached hydrogen (secondary N) is 1. The molecule has 1 aliphatic heterocycles. The predicted octanol–water partition coefficient (Wildman–Crippen LogP) is 4.29. The highest BCUT2D eigenvalue weighted by Crippen LogP contribution is 2.66. The van der Waals surface area contributed by atoms with E-state index in [1.165, 1.54) is 51.5 Å². The molecule has 0 bridgehead atoms. The first-order valence-electron chi connectivity index (χ1n) is 10.6. The topological polar surface area (TPSA) is 42.2 Å². The van der Waals surface area contributed by atoms with Crippen molar-refractivity contribution in [3.63, 3.8) is 0 Å². The lowest BCUT2D eigenvalue weighted by Gasteiger charge is -2.58. The van der Waals surface area contributed by atoms with Gasteiger partial charge in [0.05, 0.1) is 6.10 Å². The van der Waals surface area contributed by atoms with Crippen LogP contribution in [-0.4, -0.2) is 23.8 Å². The Balaban J connectivity index is 1.42. The van der Waals surface area contributed by atoms with Gasteiger partial charge in [0.15, 0.2) is 0 Å². The molecule has 0 aromatic heterocycles. The average Bonchev–Trinajstić information content (AvgIpc) is 3.31. The summed E-state index contributed by atoms with van der Waals surface area (Å²) in [6.45, 7) is 6.47. The molecular weight excluding hydrogens is 294 g/mol. The van der Waals surface area contributed by atoms with Crippen LogP contribution in [0.5, 0.6) is 0 Å². The fourth-order valence-corrected chi connectivity index (χ4v) is 7.73. The highest BCUT2D eigenvalue weighted by molar-refractivity contribution is 5.25. The number of fused-ring (bicyclic) bond motifs is 5. The minimum absolute atomic E-state index is 0.0726. The highest BCUT2D eigenvalue weighted by atomic mass is 16.3. The van der Waals surface area contributed by atoms with Gasteiger partial charge in [0.1, 0.15) is 0 Å². The summed E-state index contributed by atoms with van der Waals surface area (Å²) < 4.78 is 0. The van der Waals surface area contributed by atoms with Gasteiger partial charge in [0.2, 0.25) is 0 Å². The van der Waals surface area contributed by atoms with E-state index in [1.807, 2.05) is 0 Å². The van der Waals surface area contributed by atoms with E-state index in [1.54, 1.807) is 5.57 Å². The molecule has 5 rings (SSSR count). The Morgan fingerprint density at radius 2 is 1.96 bits per heavy atom. The summed E-state index contributed by atoms with van der Waals surface area (Å²) >= 11 is 0. The molecule has 0 aromatic carbocycles. The monoisotopic (exact) mass is 329 g/mol. The summed E-state index contributed by atoms with van der Waals surface area (Å²) in [6.07, 6.45) is 14.3. The van der Waals surface area contributed by atoms with E-state index in [9.17, 15) is 5.11 Å². The molecular formula is C22H35NO. The van der Waals surface area contributed by atoms with Crippen LogP contribution in [0.25, 0.3) is 0 Å². The molecule has 0 amide bonds. The average molecular weight is 330 g/mol. The first-order chi connectivity index (χ1) is 11.5. The zero-order chi connectivity index (χ0) is 16.5. The van der Waals surface area contributed by atoms with Gasteiger partial charge in [-0.05, 0) is 92.3 Å². The van der Waals surface area contributed by atoms with E-state index < -0.39 is 0 Å². The SMILES string of the molecule is C[C@]12CCC(O)CC1=CCC1C2CC[C@@]2(C)C1CC[C@@H]2CC1CN1. The molecule has 0 radical (unpaired) electrons. The molecule has 1 heterocycles. The van der Waals surface area contributed by atoms with Gasteiger partial charge in [0, 0.05) is 12.6 Å². The quantitative estimate of drug-likeness (QED) is 0.586. The molecule has 134 valence electrons. The number of aliphatic hydroxyl groups is 1. The zero-order valence-electron chi connectivity index (χ0n) is 15.6. The van der Waals surface area contributed by atoms with Crippen molar-refractivity contribution < 1.29 is 5.11 Å². The Hall–Kier alpha value is -0.340. The second kappa shape index (κ2) is 5.33. The molecule has 4 aliphatic carbocycles. The third-order valence-corrected chi connectivity index (χ3v) is 9.34. The predicted molar refractivity (Wildman–Crippen MR) is 97.6 cm³/mol. The van der Waals surface area contributed by atoms with Crippen LogP contribution in [0.3, 0.4) is 0 Å². The third-order valence-electron chi connectivity index (χ3n) is 9.34. The number of aliphatic hydroxyl groups excluding tert-OH is 1. The molecule has 3 saturated carbocycles. The maximum Gasteiger partial charge on any atom is 0.0577 e. The molecule has 8 atom stereocenters. The van der Waals surface area contributed by atoms with Crippen molar-refractivity contribution in [3.8, 4) is 0 Å².